The summed E-state index contributed by atoms with van der Waals surface area (Å²) in [5, 5.41) is 7.00. The number of ether oxygens (including phenoxy) is 1. The Balaban J connectivity index is 2.06. The first kappa shape index (κ1) is 15.3. The Labute approximate surface area is 128 Å². The maximum atomic E-state index is 12.1. The molecule has 0 saturated heterocycles. The van der Waals surface area contributed by atoms with Crippen molar-refractivity contribution in [1.29, 1.82) is 0 Å². The summed E-state index contributed by atoms with van der Waals surface area (Å²) in [6.45, 7) is 4.58. The van der Waals surface area contributed by atoms with Crippen molar-refractivity contribution in [2.24, 2.45) is 13.0 Å². The van der Waals surface area contributed by atoms with Gasteiger partial charge in [-0.3, -0.25) is 9.48 Å². The van der Waals surface area contributed by atoms with Crippen LogP contribution in [0, 0.1) is 5.92 Å². The number of anilines is 1. The summed E-state index contributed by atoms with van der Waals surface area (Å²) < 4.78 is 7.07. The molecule has 0 aliphatic carbocycles. The van der Waals surface area contributed by atoms with Gasteiger partial charge in [-0.25, -0.2) is 4.98 Å². The zero-order chi connectivity index (χ0) is 15.4. The highest BCUT2D eigenvalue weighted by Crippen LogP contribution is 2.23. The molecule has 7 heteroatoms. The van der Waals surface area contributed by atoms with Gasteiger partial charge in [0.2, 0.25) is 5.88 Å². The van der Waals surface area contributed by atoms with Crippen LogP contribution in [0.2, 0.25) is 5.02 Å². The summed E-state index contributed by atoms with van der Waals surface area (Å²) in [5.41, 5.74) is 0.972. The van der Waals surface area contributed by atoms with E-state index in [9.17, 15) is 4.79 Å². The molecule has 0 radical (unpaired) electrons. The average Bonchev–Trinajstić information content (AvgIpc) is 2.82. The number of nitrogens with one attached hydrogen (secondary N) is 1. The van der Waals surface area contributed by atoms with Gasteiger partial charge >= 0.3 is 0 Å². The van der Waals surface area contributed by atoms with Gasteiger partial charge in [-0.15, -0.1) is 0 Å². The van der Waals surface area contributed by atoms with Crippen molar-refractivity contribution < 1.29 is 9.53 Å². The number of hydrogen-bond donors (Lipinski definition) is 1. The molecule has 1 N–H and O–H groups in total. The summed E-state index contributed by atoms with van der Waals surface area (Å²) in [6, 6.07) is 1.54. The topological polar surface area (TPSA) is 69.0 Å². The number of aryl methyl sites for hydroxylation is 1. The van der Waals surface area contributed by atoms with Crippen molar-refractivity contribution >= 4 is 23.2 Å². The average molecular weight is 309 g/mol. The van der Waals surface area contributed by atoms with Gasteiger partial charge in [-0.05, 0) is 12.0 Å². The molecule has 0 bridgehead atoms. The zero-order valence-corrected chi connectivity index (χ0v) is 12.9. The molecule has 2 aromatic heterocycles. The third-order valence-corrected chi connectivity index (χ3v) is 2.86. The first-order valence-electron chi connectivity index (χ1n) is 6.54. The van der Waals surface area contributed by atoms with Crippen molar-refractivity contribution in [3.63, 3.8) is 0 Å². The number of amides is 1. The van der Waals surface area contributed by atoms with E-state index in [1.807, 2.05) is 13.8 Å². The lowest BCUT2D eigenvalue weighted by atomic mass is 10.2. The monoisotopic (exact) mass is 308 g/mol. The number of carbonyl (C=O) groups excluding carboxylic acids is 1. The normalized spacial score (nSPS) is 10.7. The van der Waals surface area contributed by atoms with Gasteiger partial charge in [-0.1, -0.05) is 25.4 Å². The molecular weight excluding hydrogens is 292 g/mol. The molecule has 2 rings (SSSR count). The molecule has 0 atom stereocenters. The van der Waals surface area contributed by atoms with E-state index in [1.54, 1.807) is 24.1 Å². The minimum Gasteiger partial charge on any atom is -0.476 e. The van der Waals surface area contributed by atoms with Crippen LogP contribution in [-0.2, 0) is 7.05 Å². The van der Waals surface area contributed by atoms with Crippen molar-refractivity contribution in [2.75, 3.05) is 11.9 Å². The Bertz CT molecular complexity index is 640. The number of pyridine rings is 1. The highest BCUT2D eigenvalue weighted by molar-refractivity contribution is 6.32. The SMILES string of the molecule is CC(C)COc1ncc(C(=O)Nc2cnn(C)c2)cc1Cl. The predicted octanol–water partition coefficient (Wildman–Crippen LogP) is 2.76. The van der Waals surface area contributed by atoms with Crippen LogP contribution in [0.4, 0.5) is 5.69 Å². The van der Waals surface area contributed by atoms with E-state index in [2.05, 4.69) is 15.4 Å². The van der Waals surface area contributed by atoms with E-state index in [1.165, 1.54) is 12.3 Å². The second-order valence-electron chi connectivity index (χ2n) is 5.07. The minimum absolute atomic E-state index is 0.298. The first-order chi connectivity index (χ1) is 9.95. The van der Waals surface area contributed by atoms with Crippen LogP contribution < -0.4 is 10.1 Å². The van der Waals surface area contributed by atoms with Crippen molar-refractivity contribution in [3.05, 3.63) is 35.2 Å². The van der Waals surface area contributed by atoms with E-state index in [-0.39, 0.29) is 5.91 Å². The number of carbonyl (C=O) groups is 1. The quantitative estimate of drug-likeness (QED) is 0.922. The highest BCUT2D eigenvalue weighted by atomic mass is 35.5. The van der Waals surface area contributed by atoms with E-state index in [0.29, 0.717) is 34.7 Å². The summed E-state index contributed by atoms with van der Waals surface area (Å²) in [6.07, 6.45) is 4.70. The molecule has 0 spiro atoms. The largest absolute Gasteiger partial charge is 0.476 e. The van der Waals surface area contributed by atoms with Gasteiger partial charge < -0.3 is 10.1 Å². The van der Waals surface area contributed by atoms with Gasteiger partial charge in [0.1, 0.15) is 5.02 Å². The highest BCUT2D eigenvalue weighted by Gasteiger charge is 2.12. The van der Waals surface area contributed by atoms with Crippen LogP contribution in [-0.4, -0.2) is 27.3 Å². The molecule has 0 aromatic carbocycles. The minimum atomic E-state index is -0.298. The Morgan fingerprint density at radius 1 is 1.48 bits per heavy atom. The van der Waals surface area contributed by atoms with Crippen molar-refractivity contribution in [1.82, 2.24) is 14.8 Å². The van der Waals surface area contributed by atoms with Crippen molar-refractivity contribution in [2.45, 2.75) is 13.8 Å². The Kier molecular flexibility index (Phi) is 4.80. The smallest absolute Gasteiger partial charge is 0.257 e. The van der Waals surface area contributed by atoms with Crippen LogP contribution in [0.15, 0.2) is 24.7 Å². The second-order valence-corrected chi connectivity index (χ2v) is 5.48. The van der Waals surface area contributed by atoms with E-state index in [0.717, 1.165) is 0 Å². The van der Waals surface area contributed by atoms with E-state index in [4.69, 9.17) is 16.3 Å². The molecule has 1 amide bonds. The third kappa shape index (κ3) is 4.19. The van der Waals surface area contributed by atoms with Crippen LogP contribution >= 0.6 is 11.6 Å². The molecule has 0 unspecified atom stereocenters. The Morgan fingerprint density at radius 2 is 2.24 bits per heavy atom. The number of nitrogens with zero attached hydrogens (tertiary/aromatic N) is 3. The maximum Gasteiger partial charge on any atom is 0.257 e. The Morgan fingerprint density at radius 3 is 2.81 bits per heavy atom. The lowest BCUT2D eigenvalue weighted by Crippen LogP contribution is -2.12. The number of hydrogen-bond acceptors (Lipinski definition) is 4. The maximum absolute atomic E-state index is 12.1. The van der Waals surface area contributed by atoms with Gasteiger partial charge in [0.05, 0.1) is 24.1 Å². The summed E-state index contributed by atoms with van der Waals surface area (Å²) in [5.74, 6) is 0.410. The number of rotatable bonds is 5. The lowest BCUT2D eigenvalue weighted by molar-refractivity contribution is 0.102. The first-order valence-corrected chi connectivity index (χ1v) is 6.92. The fourth-order valence-electron chi connectivity index (χ4n) is 1.59. The van der Waals surface area contributed by atoms with Crippen molar-refractivity contribution in [3.8, 4) is 5.88 Å². The molecule has 0 aliphatic rings. The summed E-state index contributed by atoms with van der Waals surface area (Å²) >= 11 is 6.08. The van der Waals surface area contributed by atoms with E-state index >= 15 is 0 Å². The summed E-state index contributed by atoms with van der Waals surface area (Å²) in [4.78, 5) is 16.1. The Hall–Kier alpha value is -2.08. The van der Waals surface area contributed by atoms with Crippen LogP contribution in [0.25, 0.3) is 0 Å². The molecule has 112 valence electrons. The standard InChI is InChI=1S/C14H17ClN4O2/c1-9(2)8-21-14-12(15)4-10(5-16-14)13(20)18-11-6-17-19(3)7-11/h4-7,9H,8H2,1-3H3,(H,18,20). The molecule has 0 fully saturated rings. The van der Waals surface area contributed by atoms with Gasteiger partial charge in [-0.2, -0.15) is 5.10 Å². The van der Waals surface area contributed by atoms with E-state index < -0.39 is 0 Å². The summed E-state index contributed by atoms with van der Waals surface area (Å²) in [7, 11) is 1.77. The zero-order valence-electron chi connectivity index (χ0n) is 12.1. The fourth-order valence-corrected chi connectivity index (χ4v) is 1.81. The van der Waals surface area contributed by atoms with Crippen LogP contribution in [0.5, 0.6) is 5.88 Å². The van der Waals surface area contributed by atoms with Crippen LogP contribution in [0.3, 0.4) is 0 Å². The molecule has 0 saturated carbocycles. The molecule has 6 nitrogen and oxygen atoms in total. The molecule has 2 heterocycles. The molecular formula is C14H17ClN4O2. The number of halogens is 1. The third-order valence-electron chi connectivity index (χ3n) is 2.59. The predicted molar refractivity (Wildman–Crippen MR) is 80.7 cm³/mol. The fraction of sp³-hybridized carbons (Fsp3) is 0.357. The number of aromatic nitrogens is 3. The van der Waals surface area contributed by atoms with Gasteiger partial charge in [0, 0.05) is 19.4 Å². The van der Waals surface area contributed by atoms with Gasteiger partial charge in [0.25, 0.3) is 5.91 Å². The second kappa shape index (κ2) is 6.58. The van der Waals surface area contributed by atoms with Crippen LogP contribution in [0.1, 0.15) is 24.2 Å². The van der Waals surface area contributed by atoms with Gasteiger partial charge in [0.15, 0.2) is 0 Å². The molecule has 21 heavy (non-hydrogen) atoms. The lowest BCUT2D eigenvalue weighted by Gasteiger charge is -2.10. The molecule has 2 aromatic rings. The molecule has 0 aliphatic heterocycles.